The summed E-state index contributed by atoms with van der Waals surface area (Å²) in [5, 5.41) is 0. The van der Waals surface area contributed by atoms with Crippen LogP contribution in [0.1, 0.15) is 13.8 Å². The quantitative estimate of drug-likeness (QED) is 0.304. The van der Waals surface area contributed by atoms with Gasteiger partial charge in [-0.15, -0.1) is 0 Å². The van der Waals surface area contributed by atoms with Crippen LogP contribution in [0.2, 0.25) is 0 Å². The van der Waals surface area contributed by atoms with Crippen LogP contribution >= 0.6 is 0 Å². The average molecular weight is 128 g/mol. The number of hydrazine groups is 1. The fourth-order valence-corrected chi connectivity index (χ4v) is 1.25. The number of rotatable bonds is 2. The first-order chi connectivity index (χ1) is 4.14. The predicted octanol–water partition coefficient (Wildman–Crippen LogP) is -0.327. The third kappa shape index (κ3) is 0.767. The summed E-state index contributed by atoms with van der Waals surface area (Å²) in [7, 11) is 0. The molecule has 0 aromatic rings. The van der Waals surface area contributed by atoms with Crippen molar-refractivity contribution in [2.24, 2.45) is 17.2 Å². The molecule has 2 unspecified atom stereocenters. The second-order valence-corrected chi connectivity index (χ2v) is 3.13. The average Bonchev–Trinajstić information content (AvgIpc) is 2.32. The molecule has 3 nitrogen and oxygen atoms in total. The van der Waals surface area contributed by atoms with Crippen LogP contribution in [0.4, 0.5) is 0 Å². The highest BCUT2D eigenvalue weighted by Crippen LogP contribution is 2.49. The highest BCUT2D eigenvalue weighted by Gasteiger charge is 2.57. The molecule has 52 valence electrons. The fraction of sp³-hybridized carbons (Fsp3) is 0.833. The maximum atomic E-state index is 10.3. The van der Waals surface area contributed by atoms with Gasteiger partial charge in [0.15, 0.2) is 0 Å². The number of carbonyl (C=O) groups is 1. The van der Waals surface area contributed by atoms with E-state index in [1.165, 1.54) is 0 Å². The van der Waals surface area contributed by atoms with E-state index >= 15 is 0 Å². The van der Waals surface area contributed by atoms with E-state index in [2.05, 4.69) is 5.43 Å². The first kappa shape index (κ1) is 6.71. The molecule has 0 aliphatic heterocycles. The first-order valence-corrected chi connectivity index (χ1v) is 3.06. The van der Waals surface area contributed by atoms with Gasteiger partial charge in [-0.05, 0) is 5.41 Å². The van der Waals surface area contributed by atoms with Gasteiger partial charge in [-0.25, -0.2) is 0 Å². The lowest BCUT2D eigenvalue weighted by Crippen LogP contribution is -2.28. The third-order valence-corrected chi connectivity index (χ3v) is 2.24. The monoisotopic (exact) mass is 128 g/mol. The van der Waals surface area contributed by atoms with Gasteiger partial charge >= 0.3 is 0 Å². The molecule has 2 atom stereocenters. The summed E-state index contributed by atoms with van der Waals surface area (Å²) in [6.07, 6.45) is 0.963. The smallest absolute Gasteiger partial charge is 0.125 e. The van der Waals surface area contributed by atoms with Crippen molar-refractivity contribution < 1.29 is 4.79 Å². The lowest BCUT2D eigenvalue weighted by atomic mass is 10.1. The SMILES string of the molecule is CC1(C)C(C=O)C1NN. The molecule has 1 fully saturated rings. The van der Waals surface area contributed by atoms with Crippen LogP contribution in [0, 0.1) is 11.3 Å². The Bertz CT molecular complexity index is 133. The lowest BCUT2D eigenvalue weighted by Gasteiger charge is -1.97. The number of nitrogens with two attached hydrogens (primary N) is 1. The van der Waals surface area contributed by atoms with Gasteiger partial charge in [0, 0.05) is 12.0 Å². The van der Waals surface area contributed by atoms with Crippen molar-refractivity contribution in [1.82, 2.24) is 5.43 Å². The molecule has 1 saturated carbocycles. The molecule has 1 rings (SSSR count). The normalized spacial score (nSPS) is 38.1. The Balaban J connectivity index is 2.54. The van der Waals surface area contributed by atoms with Crippen LogP contribution in [0.3, 0.4) is 0 Å². The van der Waals surface area contributed by atoms with Crippen molar-refractivity contribution >= 4 is 6.29 Å². The zero-order valence-electron chi connectivity index (χ0n) is 5.72. The van der Waals surface area contributed by atoms with Crippen molar-refractivity contribution in [3.63, 3.8) is 0 Å². The van der Waals surface area contributed by atoms with Crippen molar-refractivity contribution in [3.8, 4) is 0 Å². The zero-order valence-corrected chi connectivity index (χ0v) is 5.72. The van der Waals surface area contributed by atoms with Crippen molar-refractivity contribution in [3.05, 3.63) is 0 Å². The molecular formula is C6H12N2O. The van der Waals surface area contributed by atoms with Crippen molar-refractivity contribution in [2.45, 2.75) is 19.9 Å². The summed E-state index contributed by atoms with van der Waals surface area (Å²) < 4.78 is 0. The van der Waals surface area contributed by atoms with Gasteiger partial charge in [0.25, 0.3) is 0 Å². The van der Waals surface area contributed by atoms with Crippen LogP contribution in [0.5, 0.6) is 0 Å². The second kappa shape index (κ2) is 1.78. The van der Waals surface area contributed by atoms with E-state index in [4.69, 9.17) is 5.84 Å². The highest BCUT2D eigenvalue weighted by molar-refractivity contribution is 5.62. The number of carbonyl (C=O) groups excluding carboxylic acids is 1. The molecule has 0 bridgehead atoms. The summed E-state index contributed by atoms with van der Waals surface area (Å²) in [6.45, 7) is 4.05. The minimum atomic E-state index is 0.0799. The lowest BCUT2D eigenvalue weighted by molar-refractivity contribution is -0.109. The zero-order chi connectivity index (χ0) is 7.07. The van der Waals surface area contributed by atoms with E-state index in [1.807, 2.05) is 13.8 Å². The number of aldehydes is 1. The van der Waals surface area contributed by atoms with Crippen LogP contribution < -0.4 is 11.3 Å². The van der Waals surface area contributed by atoms with E-state index in [9.17, 15) is 4.79 Å². The molecule has 0 amide bonds. The molecule has 9 heavy (non-hydrogen) atoms. The Hall–Kier alpha value is -0.410. The Kier molecular flexibility index (Phi) is 1.33. The summed E-state index contributed by atoms with van der Waals surface area (Å²) in [6, 6.07) is 0.190. The van der Waals surface area contributed by atoms with Gasteiger partial charge in [0.1, 0.15) is 6.29 Å². The number of hydrogen-bond donors (Lipinski definition) is 2. The number of nitrogens with one attached hydrogen (secondary N) is 1. The molecule has 3 N–H and O–H groups in total. The largest absolute Gasteiger partial charge is 0.303 e. The van der Waals surface area contributed by atoms with Crippen LogP contribution in [-0.2, 0) is 4.79 Å². The first-order valence-electron chi connectivity index (χ1n) is 3.06. The maximum Gasteiger partial charge on any atom is 0.125 e. The minimum absolute atomic E-state index is 0.0799. The fourth-order valence-electron chi connectivity index (χ4n) is 1.25. The van der Waals surface area contributed by atoms with E-state index < -0.39 is 0 Å². The Morgan fingerprint density at radius 1 is 1.67 bits per heavy atom. The van der Waals surface area contributed by atoms with Gasteiger partial charge in [-0.3, -0.25) is 11.3 Å². The predicted molar refractivity (Wildman–Crippen MR) is 34.4 cm³/mol. The van der Waals surface area contributed by atoms with E-state index in [-0.39, 0.29) is 17.4 Å². The summed E-state index contributed by atoms with van der Waals surface area (Å²) in [5.41, 5.74) is 2.68. The van der Waals surface area contributed by atoms with Gasteiger partial charge in [-0.2, -0.15) is 0 Å². The maximum absolute atomic E-state index is 10.3. The van der Waals surface area contributed by atoms with Crippen LogP contribution in [-0.4, -0.2) is 12.3 Å². The minimum Gasteiger partial charge on any atom is -0.303 e. The molecule has 0 aromatic heterocycles. The molecule has 0 aromatic carbocycles. The standard InChI is InChI=1S/C6H12N2O/c1-6(2)4(3-9)5(6)8-7/h3-5,8H,7H2,1-2H3. The molecule has 0 heterocycles. The summed E-state index contributed by atoms with van der Waals surface area (Å²) in [4.78, 5) is 10.3. The summed E-state index contributed by atoms with van der Waals surface area (Å²) >= 11 is 0. The van der Waals surface area contributed by atoms with Gasteiger partial charge in [-0.1, -0.05) is 13.8 Å². The Morgan fingerprint density at radius 2 is 2.22 bits per heavy atom. The van der Waals surface area contributed by atoms with Gasteiger partial charge < -0.3 is 4.79 Å². The molecule has 1 aliphatic carbocycles. The Labute approximate surface area is 54.6 Å². The number of hydrogen-bond acceptors (Lipinski definition) is 3. The van der Waals surface area contributed by atoms with E-state index in [0.717, 1.165) is 6.29 Å². The molecule has 0 saturated heterocycles. The third-order valence-electron chi connectivity index (χ3n) is 2.24. The topological polar surface area (TPSA) is 55.1 Å². The van der Waals surface area contributed by atoms with Gasteiger partial charge in [0.05, 0.1) is 0 Å². The van der Waals surface area contributed by atoms with Crippen molar-refractivity contribution in [1.29, 1.82) is 0 Å². The van der Waals surface area contributed by atoms with Crippen molar-refractivity contribution in [2.75, 3.05) is 0 Å². The van der Waals surface area contributed by atoms with Crippen LogP contribution in [0.15, 0.2) is 0 Å². The molecule has 0 spiro atoms. The van der Waals surface area contributed by atoms with Crippen LogP contribution in [0.25, 0.3) is 0 Å². The highest BCUT2D eigenvalue weighted by atomic mass is 16.1. The van der Waals surface area contributed by atoms with E-state index in [0.29, 0.717) is 0 Å². The van der Waals surface area contributed by atoms with Gasteiger partial charge in [0.2, 0.25) is 0 Å². The summed E-state index contributed by atoms with van der Waals surface area (Å²) in [5.74, 6) is 5.28. The molecular weight excluding hydrogens is 116 g/mol. The molecule has 3 heteroatoms. The Morgan fingerprint density at radius 3 is 2.33 bits per heavy atom. The molecule has 0 radical (unpaired) electrons. The molecule has 1 aliphatic rings. The van der Waals surface area contributed by atoms with E-state index in [1.54, 1.807) is 0 Å². The second-order valence-electron chi connectivity index (χ2n) is 3.13.